The first-order valence-electron chi connectivity index (χ1n) is 10.2. The minimum Gasteiger partial charge on any atom is -0.367 e. The molecule has 0 spiro atoms. The zero-order chi connectivity index (χ0) is 20.2. The smallest absolute Gasteiger partial charge is 0.158 e. The highest BCUT2D eigenvalue weighted by Crippen LogP contribution is 2.25. The van der Waals surface area contributed by atoms with Gasteiger partial charge in [0.15, 0.2) is 5.52 Å². The summed E-state index contributed by atoms with van der Waals surface area (Å²) < 4.78 is 4.91. The number of hydrogen-bond donors (Lipinski definition) is 0. The van der Waals surface area contributed by atoms with Crippen molar-refractivity contribution < 1.29 is 4.63 Å². The van der Waals surface area contributed by atoms with Crippen LogP contribution in [0.3, 0.4) is 0 Å². The number of nitrogens with zero attached hydrogens (tertiary/aromatic N) is 4. The highest BCUT2D eigenvalue weighted by atomic mass is 16.6. The third kappa shape index (κ3) is 4.05. The molecule has 30 heavy (non-hydrogen) atoms. The predicted octanol–water partition coefficient (Wildman–Crippen LogP) is 3.94. The van der Waals surface area contributed by atoms with Crippen molar-refractivity contribution in [1.82, 2.24) is 15.2 Å². The molecule has 0 aliphatic carbocycles. The molecule has 148 valence electrons. The maximum atomic E-state index is 4.91. The van der Waals surface area contributed by atoms with E-state index in [9.17, 15) is 0 Å². The van der Waals surface area contributed by atoms with Crippen LogP contribution in [0.2, 0.25) is 0 Å². The molecule has 4 aromatic rings. The molecule has 0 bridgehead atoms. The molecule has 1 fully saturated rings. The van der Waals surface area contributed by atoms with Gasteiger partial charge in [-0.1, -0.05) is 48.2 Å². The maximum Gasteiger partial charge on any atom is 0.158 e. The molecule has 3 aromatic carbocycles. The Morgan fingerprint density at radius 2 is 1.53 bits per heavy atom. The van der Waals surface area contributed by atoms with E-state index in [1.807, 2.05) is 42.5 Å². The third-order valence-corrected chi connectivity index (χ3v) is 5.44. The van der Waals surface area contributed by atoms with Gasteiger partial charge in [-0.2, -0.15) is 0 Å². The summed E-state index contributed by atoms with van der Waals surface area (Å²) in [4.78, 5) is 4.85. The topological polar surface area (TPSA) is 45.4 Å². The van der Waals surface area contributed by atoms with Gasteiger partial charge >= 0.3 is 0 Å². The maximum absolute atomic E-state index is 4.91. The summed E-state index contributed by atoms with van der Waals surface area (Å²) in [5.74, 6) is 6.52. The molecule has 0 N–H and O–H groups in total. The zero-order valence-corrected chi connectivity index (χ0v) is 16.7. The second-order valence-corrected chi connectivity index (χ2v) is 7.49. The highest BCUT2D eigenvalue weighted by molar-refractivity contribution is 5.87. The predicted molar refractivity (Wildman–Crippen MR) is 118 cm³/mol. The zero-order valence-electron chi connectivity index (χ0n) is 16.7. The average Bonchev–Trinajstić information content (AvgIpc) is 3.28. The molecule has 2 heterocycles. The van der Waals surface area contributed by atoms with Crippen molar-refractivity contribution in [3.8, 4) is 11.8 Å². The van der Waals surface area contributed by atoms with Crippen LogP contribution in [0.25, 0.3) is 11.0 Å². The molecule has 0 saturated carbocycles. The van der Waals surface area contributed by atoms with Crippen LogP contribution in [0.5, 0.6) is 0 Å². The van der Waals surface area contributed by atoms with Crippen LogP contribution < -0.4 is 4.90 Å². The van der Waals surface area contributed by atoms with Gasteiger partial charge in [-0.25, -0.2) is 4.63 Å². The first-order chi connectivity index (χ1) is 14.8. The highest BCUT2D eigenvalue weighted by Gasteiger charge is 2.20. The van der Waals surface area contributed by atoms with Crippen LogP contribution in [0.4, 0.5) is 5.69 Å². The monoisotopic (exact) mass is 394 g/mol. The first-order valence-corrected chi connectivity index (χ1v) is 10.2. The van der Waals surface area contributed by atoms with Gasteiger partial charge in [0.05, 0.1) is 5.69 Å². The first kappa shape index (κ1) is 18.4. The van der Waals surface area contributed by atoms with E-state index in [2.05, 4.69) is 62.3 Å². The molecular weight excluding hydrogens is 372 g/mol. The fourth-order valence-electron chi connectivity index (χ4n) is 3.87. The van der Waals surface area contributed by atoms with Crippen LogP contribution in [0.15, 0.2) is 77.4 Å². The quantitative estimate of drug-likeness (QED) is 0.493. The van der Waals surface area contributed by atoms with Crippen molar-refractivity contribution in [3.63, 3.8) is 0 Å². The molecule has 0 amide bonds. The molecule has 5 heteroatoms. The Balaban J connectivity index is 1.23. The lowest BCUT2D eigenvalue weighted by atomic mass is 10.1. The molecule has 0 radical (unpaired) electrons. The summed E-state index contributed by atoms with van der Waals surface area (Å²) in [7, 11) is 0. The Morgan fingerprint density at radius 1 is 0.767 bits per heavy atom. The van der Waals surface area contributed by atoms with E-state index >= 15 is 0 Å². The van der Waals surface area contributed by atoms with Crippen LogP contribution in [-0.4, -0.2) is 41.4 Å². The largest absolute Gasteiger partial charge is 0.367 e. The van der Waals surface area contributed by atoms with Gasteiger partial charge in [0.2, 0.25) is 0 Å². The summed E-state index contributed by atoms with van der Waals surface area (Å²) in [6.07, 6.45) is 0. The van der Waals surface area contributed by atoms with Crippen LogP contribution in [0, 0.1) is 11.8 Å². The molecule has 5 nitrogen and oxygen atoms in total. The number of rotatable bonds is 3. The van der Waals surface area contributed by atoms with E-state index in [0.717, 1.165) is 60.6 Å². The second-order valence-electron chi connectivity index (χ2n) is 7.49. The number of aromatic nitrogens is 2. The van der Waals surface area contributed by atoms with E-state index in [0.29, 0.717) is 0 Å². The Morgan fingerprint density at radius 3 is 2.40 bits per heavy atom. The lowest BCUT2D eigenvalue weighted by Crippen LogP contribution is -2.46. The second kappa shape index (κ2) is 8.40. The van der Waals surface area contributed by atoms with Gasteiger partial charge in [-0.3, -0.25) is 4.90 Å². The van der Waals surface area contributed by atoms with Gasteiger partial charge in [0.1, 0.15) is 5.52 Å². The van der Waals surface area contributed by atoms with Crippen molar-refractivity contribution in [2.24, 2.45) is 0 Å². The SMILES string of the molecule is C(#Cc1cccc(CN2CCN(c3cccc4nonc34)CC2)c1)c1ccccc1. The minimum absolute atomic E-state index is 0.809. The summed E-state index contributed by atoms with van der Waals surface area (Å²) in [6.45, 7) is 4.85. The molecule has 1 aliphatic heterocycles. The van der Waals surface area contributed by atoms with Crippen molar-refractivity contribution >= 4 is 16.7 Å². The number of piperazine rings is 1. The van der Waals surface area contributed by atoms with E-state index in [-0.39, 0.29) is 0 Å². The lowest BCUT2D eigenvalue weighted by Gasteiger charge is -2.36. The van der Waals surface area contributed by atoms with Crippen molar-refractivity contribution in [3.05, 3.63) is 89.5 Å². The number of benzene rings is 3. The van der Waals surface area contributed by atoms with Crippen molar-refractivity contribution in [2.45, 2.75) is 6.54 Å². The fourth-order valence-corrected chi connectivity index (χ4v) is 3.87. The van der Waals surface area contributed by atoms with E-state index in [4.69, 9.17) is 4.63 Å². The average molecular weight is 394 g/mol. The van der Waals surface area contributed by atoms with Gasteiger partial charge in [-0.15, -0.1) is 0 Å². The van der Waals surface area contributed by atoms with Crippen LogP contribution in [-0.2, 0) is 6.54 Å². The lowest BCUT2D eigenvalue weighted by molar-refractivity contribution is 0.250. The summed E-state index contributed by atoms with van der Waals surface area (Å²) >= 11 is 0. The summed E-state index contributed by atoms with van der Waals surface area (Å²) in [5, 5.41) is 8.03. The van der Waals surface area contributed by atoms with Crippen LogP contribution >= 0.6 is 0 Å². The van der Waals surface area contributed by atoms with Crippen molar-refractivity contribution in [2.75, 3.05) is 31.1 Å². The van der Waals surface area contributed by atoms with Gasteiger partial charge < -0.3 is 4.90 Å². The van der Waals surface area contributed by atoms with Crippen molar-refractivity contribution in [1.29, 1.82) is 0 Å². The molecule has 1 aromatic heterocycles. The Labute approximate surface area is 175 Å². The number of anilines is 1. The molecule has 5 rings (SSSR count). The number of fused-ring (bicyclic) bond motifs is 1. The fraction of sp³-hybridized carbons (Fsp3) is 0.200. The van der Waals surface area contributed by atoms with E-state index < -0.39 is 0 Å². The Bertz CT molecular complexity index is 1200. The summed E-state index contributed by atoms with van der Waals surface area (Å²) in [5.41, 5.74) is 6.15. The molecule has 0 atom stereocenters. The normalized spacial score (nSPS) is 14.5. The summed E-state index contributed by atoms with van der Waals surface area (Å²) in [6, 6.07) is 24.7. The third-order valence-electron chi connectivity index (χ3n) is 5.44. The van der Waals surface area contributed by atoms with Gasteiger partial charge in [-0.05, 0) is 52.3 Å². The van der Waals surface area contributed by atoms with Crippen LogP contribution in [0.1, 0.15) is 16.7 Å². The Kier molecular flexibility index (Phi) is 5.15. The minimum atomic E-state index is 0.809. The Hall–Kier alpha value is -3.62. The molecule has 0 unspecified atom stereocenters. The van der Waals surface area contributed by atoms with E-state index in [1.165, 1.54) is 5.56 Å². The van der Waals surface area contributed by atoms with Gasteiger partial charge in [0.25, 0.3) is 0 Å². The molecule has 1 saturated heterocycles. The number of hydrogen-bond acceptors (Lipinski definition) is 5. The molecular formula is C25H22N4O. The standard InChI is InChI=1S/C25H22N4O/c1-2-6-20(7-3-1)12-13-21-8-4-9-22(18-21)19-28-14-16-29(17-15-28)24-11-5-10-23-25(24)27-30-26-23/h1-11,18H,14-17,19H2. The van der Waals surface area contributed by atoms with E-state index in [1.54, 1.807) is 0 Å². The molecule has 1 aliphatic rings. The van der Waals surface area contributed by atoms with Gasteiger partial charge in [0, 0.05) is 43.9 Å².